The van der Waals surface area contributed by atoms with Crippen molar-refractivity contribution in [3.05, 3.63) is 58.6 Å². The van der Waals surface area contributed by atoms with Gasteiger partial charge >= 0.3 is 0 Å². The molecule has 0 unspecified atom stereocenters. The van der Waals surface area contributed by atoms with E-state index in [-0.39, 0.29) is 0 Å². The van der Waals surface area contributed by atoms with Crippen LogP contribution in [0.2, 0.25) is 0 Å². The number of rotatable bonds is 3. The van der Waals surface area contributed by atoms with Crippen molar-refractivity contribution in [2.75, 3.05) is 31.2 Å². The summed E-state index contributed by atoms with van der Waals surface area (Å²) in [5.41, 5.74) is 3.30. The number of halogens is 1. The first kappa shape index (κ1) is 14.3. The minimum atomic E-state index is 0.812. The highest BCUT2D eigenvalue weighted by Crippen LogP contribution is 2.19. The molecule has 0 bridgehead atoms. The summed E-state index contributed by atoms with van der Waals surface area (Å²) in [6, 6.07) is 16.5. The van der Waals surface area contributed by atoms with Crippen molar-refractivity contribution in [2.24, 2.45) is 4.99 Å². The fourth-order valence-corrected chi connectivity index (χ4v) is 2.69. The molecule has 0 amide bonds. The van der Waals surface area contributed by atoms with Gasteiger partial charge in [-0.15, -0.1) is 0 Å². The van der Waals surface area contributed by atoms with E-state index < -0.39 is 0 Å². The fourth-order valence-electron chi connectivity index (χ4n) is 2.30. The van der Waals surface area contributed by atoms with E-state index >= 15 is 0 Å². The number of morpholine rings is 1. The van der Waals surface area contributed by atoms with Gasteiger partial charge in [0.25, 0.3) is 0 Å². The van der Waals surface area contributed by atoms with Crippen LogP contribution in [0.5, 0.6) is 0 Å². The second kappa shape index (κ2) is 6.87. The Labute approximate surface area is 133 Å². The van der Waals surface area contributed by atoms with Crippen LogP contribution in [0.25, 0.3) is 0 Å². The standard InChI is InChI=1S/C17H17BrN2O/c18-15-2-1-3-16(12-15)19-13-14-4-6-17(7-5-14)20-8-10-21-11-9-20/h1-7,12-13H,8-11H2. The average Bonchev–Trinajstić information content (AvgIpc) is 2.54. The maximum Gasteiger partial charge on any atom is 0.0642 e. The third-order valence-corrected chi connectivity index (χ3v) is 3.93. The smallest absolute Gasteiger partial charge is 0.0642 e. The Morgan fingerprint density at radius 2 is 1.81 bits per heavy atom. The lowest BCUT2D eigenvalue weighted by molar-refractivity contribution is 0.122. The monoisotopic (exact) mass is 344 g/mol. The molecule has 21 heavy (non-hydrogen) atoms. The van der Waals surface area contributed by atoms with Crippen LogP contribution in [-0.2, 0) is 4.74 Å². The first-order chi connectivity index (χ1) is 10.3. The molecule has 3 nitrogen and oxygen atoms in total. The molecule has 2 aromatic rings. The lowest BCUT2D eigenvalue weighted by atomic mass is 10.2. The van der Waals surface area contributed by atoms with Crippen molar-refractivity contribution in [1.82, 2.24) is 0 Å². The lowest BCUT2D eigenvalue weighted by Gasteiger charge is -2.28. The minimum absolute atomic E-state index is 0.812. The van der Waals surface area contributed by atoms with E-state index in [1.807, 2.05) is 30.5 Å². The van der Waals surface area contributed by atoms with Gasteiger partial charge in [0.05, 0.1) is 18.9 Å². The van der Waals surface area contributed by atoms with E-state index in [9.17, 15) is 0 Å². The summed E-state index contributed by atoms with van der Waals surface area (Å²) in [5.74, 6) is 0. The molecule has 108 valence electrons. The Kier molecular flexibility index (Phi) is 4.68. The first-order valence-electron chi connectivity index (χ1n) is 7.04. The summed E-state index contributed by atoms with van der Waals surface area (Å²) in [6.45, 7) is 3.55. The summed E-state index contributed by atoms with van der Waals surface area (Å²) in [5, 5.41) is 0. The fraction of sp³-hybridized carbons (Fsp3) is 0.235. The number of aliphatic imine (C=N–C) groups is 1. The highest BCUT2D eigenvalue weighted by molar-refractivity contribution is 9.10. The lowest BCUT2D eigenvalue weighted by Crippen LogP contribution is -2.36. The molecule has 0 saturated carbocycles. The van der Waals surface area contributed by atoms with Gasteiger partial charge in [-0.05, 0) is 35.9 Å². The molecule has 3 rings (SSSR count). The zero-order valence-corrected chi connectivity index (χ0v) is 13.3. The SMILES string of the molecule is Brc1cccc(N=Cc2ccc(N3CCOCC3)cc2)c1. The van der Waals surface area contributed by atoms with Crippen LogP contribution in [0.3, 0.4) is 0 Å². The van der Waals surface area contributed by atoms with Crippen molar-refractivity contribution >= 4 is 33.5 Å². The molecule has 0 aliphatic carbocycles. The zero-order chi connectivity index (χ0) is 14.5. The van der Waals surface area contributed by atoms with E-state index in [4.69, 9.17) is 4.74 Å². The van der Waals surface area contributed by atoms with Crippen molar-refractivity contribution in [3.8, 4) is 0 Å². The predicted octanol–water partition coefficient (Wildman–Crippen LogP) is 4.04. The Hall–Kier alpha value is -1.65. The van der Waals surface area contributed by atoms with Crippen LogP contribution in [0.4, 0.5) is 11.4 Å². The molecular weight excluding hydrogens is 328 g/mol. The number of ether oxygens (including phenoxy) is 1. The van der Waals surface area contributed by atoms with Crippen LogP contribution in [0.1, 0.15) is 5.56 Å². The molecule has 1 aliphatic rings. The van der Waals surface area contributed by atoms with Gasteiger partial charge in [0, 0.05) is 29.5 Å². The Morgan fingerprint density at radius 1 is 1.05 bits per heavy atom. The Balaban J connectivity index is 1.69. The summed E-state index contributed by atoms with van der Waals surface area (Å²) in [6.07, 6.45) is 1.89. The second-order valence-corrected chi connectivity index (χ2v) is 5.84. The van der Waals surface area contributed by atoms with Crippen LogP contribution >= 0.6 is 15.9 Å². The maximum atomic E-state index is 5.38. The highest BCUT2D eigenvalue weighted by atomic mass is 79.9. The molecule has 1 saturated heterocycles. The van der Waals surface area contributed by atoms with Crippen molar-refractivity contribution in [1.29, 1.82) is 0 Å². The van der Waals surface area contributed by atoms with Gasteiger partial charge in [-0.3, -0.25) is 4.99 Å². The molecular formula is C17H17BrN2O. The van der Waals surface area contributed by atoms with Gasteiger partial charge in [0.1, 0.15) is 0 Å². The normalized spacial score (nSPS) is 15.6. The summed E-state index contributed by atoms with van der Waals surface area (Å²) in [4.78, 5) is 6.84. The molecule has 4 heteroatoms. The van der Waals surface area contributed by atoms with Crippen molar-refractivity contribution in [2.45, 2.75) is 0 Å². The molecule has 1 aliphatic heterocycles. The summed E-state index contributed by atoms with van der Waals surface area (Å²) in [7, 11) is 0. The largest absolute Gasteiger partial charge is 0.378 e. The molecule has 0 spiro atoms. The third kappa shape index (κ3) is 3.93. The average molecular weight is 345 g/mol. The molecule has 0 aromatic heterocycles. The van der Waals surface area contributed by atoms with Crippen LogP contribution in [0, 0.1) is 0 Å². The summed E-state index contributed by atoms with van der Waals surface area (Å²) >= 11 is 3.45. The molecule has 0 atom stereocenters. The van der Waals surface area contributed by atoms with Gasteiger partial charge in [-0.25, -0.2) is 0 Å². The van der Waals surface area contributed by atoms with E-state index in [2.05, 4.69) is 50.1 Å². The molecule has 1 heterocycles. The Bertz CT molecular complexity index is 619. The minimum Gasteiger partial charge on any atom is -0.378 e. The zero-order valence-electron chi connectivity index (χ0n) is 11.7. The Morgan fingerprint density at radius 3 is 2.52 bits per heavy atom. The second-order valence-electron chi connectivity index (χ2n) is 4.93. The van der Waals surface area contributed by atoms with E-state index in [1.165, 1.54) is 5.69 Å². The van der Waals surface area contributed by atoms with Crippen LogP contribution in [0.15, 0.2) is 58.0 Å². The maximum absolute atomic E-state index is 5.38. The van der Waals surface area contributed by atoms with Crippen LogP contribution in [-0.4, -0.2) is 32.5 Å². The number of hydrogen-bond donors (Lipinski definition) is 0. The summed E-state index contributed by atoms with van der Waals surface area (Å²) < 4.78 is 6.42. The van der Waals surface area contributed by atoms with Gasteiger partial charge < -0.3 is 9.64 Å². The van der Waals surface area contributed by atoms with Gasteiger partial charge in [0.2, 0.25) is 0 Å². The molecule has 1 fully saturated rings. The van der Waals surface area contributed by atoms with Gasteiger partial charge in [-0.2, -0.15) is 0 Å². The number of hydrogen-bond acceptors (Lipinski definition) is 3. The van der Waals surface area contributed by atoms with E-state index in [1.54, 1.807) is 0 Å². The van der Waals surface area contributed by atoms with Gasteiger partial charge in [0.15, 0.2) is 0 Å². The number of anilines is 1. The van der Waals surface area contributed by atoms with E-state index in [0.717, 1.165) is 42.0 Å². The molecule has 2 aromatic carbocycles. The predicted molar refractivity (Wildman–Crippen MR) is 90.9 cm³/mol. The van der Waals surface area contributed by atoms with Crippen molar-refractivity contribution in [3.63, 3.8) is 0 Å². The third-order valence-electron chi connectivity index (χ3n) is 3.44. The molecule has 0 radical (unpaired) electrons. The number of nitrogens with zero attached hydrogens (tertiary/aromatic N) is 2. The topological polar surface area (TPSA) is 24.8 Å². The van der Waals surface area contributed by atoms with Crippen LogP contribution < -0.4 is 4.90 Å². The quantitative estimate of drug-likeness (QED) is 0.785. The highest BCUT2D eigenvalue weighted by Gasteiger charge is 2.10. The van der Waals surface area contributed by atoms with Crippen molar-refractivity contribution < 1.29 is 4.74 Å². The molecule has 0 N–H and O–H groups in total. The number of benzene rings is 2. The first-order valence-corrected chi connectivity index (χ1v) is 7.83. The van der Waals surface area contributed by atoms with E-state index in [0.29, 0.717) is 0 Å². The van der Waals surface area contributed by atoms with Gasteiger partial charge in [-0.1, -0.05) is 34.1 Å².